The Labute approximate surface area is 134 Å². The fourth-order valence-electron chi connectivity index (χ4n) is 1.88. The standard InChI is InChI=1S/C13H18ClFN4O2S/c1-19(10-3-4-10)13(16)17-6-7-18-22(20,21)12-5-2-9(15)8-11(12)14/h2,5,8,10,18H,3-4,6-7H2,1H3,(H2,16,17). The minimum Gasteiger partial charge on any atom is -0.370 e. The fraction of sp³-hybridized carbons (Fsp3) is 0.462. The first-order valence-electron chi connectivity index (χ1n) is 6.79. The predicted molar refractivity (Wildman–Crippen MR) is 83.9 cm³/mol. The van der Waals surface area contributed by atoms with E-state index < -0.39 is 15.8 Å². The highest BCUT2D eigenvalue weighted by molar-refractivity contribution is 7.89. The van der Waals surface area contributed by atoms with Gasteiger partial charge < -0.3 is 10.6 Å². The van der Waals surface area contributed by atoms with E-state index in [0.29, 0.717) is 12.0 Å². The highest BCUT2D eigenvalue weighted by Gasteiger charge is 2.27. The van der Waals surface area contributed by atoms with Crippen LogP contribution in [0.15, 0.2) is 28.1 Å². The molecule has 6 nitrogen and oxygen atoms in total. The molecule has 1 saturated carbocycles. The number of guanidine groups is 1. The van der Waals surface area contributed by atoms with Crippen LogP contribution in [-0.2, 0) is 10.0 Å². The van der Waals surface area contributed by atoms with Crippen molar-refractivity contribution in [1.82, 2.24) is 9.62 Å². The molecule has 1 aromatic rings. The van der Waals surface area contributed by atoms with E-state index in [2.05, 4.69) is 9.71 Å². The first-order valence-corrected chi connectivity index (χ1v) is 8.65. The number of rotatable bonds is 6. The van der Waals surface area contributed by atoms with Gasteiger partial charge in [-0.1, -0.05) is 11.6 Å². The SMILES string of the molecule is CN(C(N)=NCCNS(=O)(=O)c1ccc(F)cc1Cl)C1CC1. The zero-order valence-corrected chi connectivity index (χ0v) is 13.7. The summed E-state index contributed by atoms with van der Waals surface area (Å²) in [5.74, 6) is -0.203. The summed E-state index contributed by atoms with van der Waals surface area (Å²) >= 11 is 5.75. The molecule has 1 aliphatic carbocycles. The van der Waals surface area contributed by atoms with Crippen LogP contribution >= 0.6 is 11.6 Å². The Balaban J connectivity index is 1.91. The molecule has 0 atom stereocenters. The van der Waals surface area contributed by atoms with Gasteiger partial charge in [0, 0.05) is 19.6 Å². The number of nitrogens with two attached hydrogens (primary N) is 1. The van der Waals surface area contributed by atoms with E-state index in [-0.39, 0.29) is 23.0 Å². The Morgan fingerprint density at radius 2 is 2.23 bits per heavy atom. The van der Waals surface area contributed by atoms with Crippen molar-refractivity contribution in [1.29, 1.82) is 0 Å². The Morgan fingerprint density at radius 3 is 2.82 bits per heavy atom. The minimum atomic E-state index is -3.80. The zero-order valence-electron chi connectivity index (χ0n) is 12.1. The van der Waals surface area contributed by atoms with Crippen LogP contribution in [0, 0.1) is 5.82 Å². The maximum atomic E-state index is 12.9. The van der Waals surface area contributed by atoms with Crippen molar-refractivity contribution in [2.75, 3.05) is 20.1 Å². The Hall–Kier alpha value is -1.38. The first kappa shape index (κ1) is 17.0. The molecule has 0 radical (unpaired) electrons. The quantitative estimate of drug-likeness (QED) is 0.459. The van der Waals surface area contributed by atoms with Crippen LogP contribution in [0.1, 0.15) is 12.8 Å². The van der Waals surface area contributed by atoms with Gasteiger partial charge in [0.25, 0.3) is 0 Å². The first-order chi connectivity index (χ1) is 10.3. The molecule has 122 valence electrons. The van der Waals surface area contributed by atoms with Crippen molar-refractivity contribution in [3.05, 3.63) is 29.0 Å². The van der Waals surface area contributed by atoms with Gasteiger partial charge in [0.2, 0.25) is 10.0 Å². The van der Waals surface area contributed by atoms with Crippen LogP contribution < -0.4 is 10.5 Å². The maximum absolute atomic E-state index is 12.9. The lowest BCUT2D eigenvalue weighted by Crippen LogP contribution is -2.36. The third-order valence-corrected chi connectivity index (χ3v) is 5.26. The number of aliphatic imine (C=N–C) groups is 1. The third-order valence-electron chi connectivity index (χ3n) is 3.32. The van der Waals surface area contributed by atoms with Gasteiger partial charge in [0.15, 0.2) is 5.96 Å². The van der Waals surface area contributed by atoms with Gasteiger partial charge in [-0.15, -0.1) is 0 Å². The lowest BCUT2D eigenvalue weighted by Gasteiger charge is -2.16. The van der Waals surface area contributed by atoms with E-state index in [1.54, 1.807) is 0 Å². The van der Waals surface area contributed by atoms with Crippen LogP contribution in [0.3, 0.4) is 0 Å². The lowest BCUT2D eigenvalue weighted by atomic mass is 10.3. The molecule has 1 aliphatic rings. The van der Waals surface area contributed by atoms with Crippen LogP contribution in [0.4, 0.5) is 4.39 Å². The summed E-state index contributed by atoms with van der Waals surface area (Å²) < 4.78 is 39.4. The number of sulfonamides is 1. The Bertz CT molecular complexity index is 677. The summed E-state index contributed by atoms with van der Waals surface area (Å²) in [6.45, 7) is 0.288. The molecule has 0 saturated heterocycles. The molecule has 0 spiro atoms. The molecule has 2 rings (SSSR count). The topological polar surface area (TPSA) is 87.8 Å². The molecule has 3 N–H and O–H groups in total. The molecule has 0 aromatic heterocycles. The van der Waals surface area contributed by atoms with E-state index in [4.69, 9.17) is 17.3 Å². The largest absolute Gasteiger partial charge is 0.370 e. The monoisotopic (exact) mass is 348 g/mol. The van der Waals surface area contributed by atoms with Gasteiger partial charge in [-0.05, 0) is 31.0 Å². The summed E-state index contributed by atoms with van der Waals surface area (Å²) in [7, 11) is -1.94. The molecule has 0 amide bonds. The number of benzene rings is 1. The fourth-order valence-corrected chi connectivity index (χ4v) is 3.43. The van der Waals surface area contributed by atoms with Crippen LogP contribution in [0.2, 0.25) is 5.02 Å². The van der Waals surface area contributed by atoms with E-state index in [1.165, 1.54) is 0 Å². The second kappa shape index (κ2) is 6.80. The molecule has 0 heterocycles. The van der Waals surface area contributed by atoms with Gasteiger partial charge in [-0.3, -0.25) is 4.99 Å². The van der Waals surface area contributed by atoms with Crippen LogP contribution in [0.25, 0.3) is 0 Å². The van der Waals surface area contributed by atoms with Gasteiger partial charge in [0.05, 0.1) is 11.6 Å². The van der Waals surface area contributed by atoms with Crippen molar-refractivity contribution >= 4 is 27.6 Å². The molecular weight excluding hydrogens is 331 g/mol. The molecule has 0 unspecified atom stereocenters. The summed E-state index contributed by atoms with van der Waals surface area (Å²) in [6, 6.07) is 3.56. The van der Waals surface area contributed by atoms with Crippen molar-refractivity contribution < 1.29 is 12.8 Å². The molecule has 22 heavy (non-hydrogen) atoms. The second-order valence-corrected chi connectivity index (χ2v) is 7.20. The number of hydrogen-bond donors (Lipinski definition) is 2. The van der Waals surface area contributed by atoms with Crippen molar-refractivity contribution in [2.45, 2.75) is 23.8 Å². The van der Waals surface area contributed by atoms with E-state index in [9.17, 15) is 12.8 Å². The van der Waals surface area contributed by atoms with E-state index in [1.807, 2.05) is 11.9 Å². The number of hydrogen-bond acceptors (Lipinski definition) is 3. The molecule has 0 aliphatic heterocycles. The average Bonchev–Trinajstić information content (AvgIpc) is 3.26. The lowest BCUT2D eigenvalue weighted by molar-refractivity contribution is 0.487. The predicted octanol–water partition coefficient (Wildman–Crippen LogP) is 1.17. The van der Waals surface area contributed by atoms with Crippen molar-refractivity contribution in [3.63, 3.8) is 0 Å². The molecule has 9 heteroatoms. The maximum Gasteiger partial charge on any atom is 0.242 e. The third kappa shape index (κ3) is 4.31. The number of halogens is 2. The number of nitrogens with one attached hydrogen (secondary N) is 1. The molecular formula is C13H18ClFN4O2S. The summed E-state index contributed by atoms with van der Waals surface area (Å²) in [5, 5.41) is -0.163. The summed E-state index contributed by atoms with van der Waals surface area (Å²) in [6.07, 6.45) is 2.20. The molecule has 1 aromatic carbocycles. The van der Waals surface area contributed by atoms with Gasteiger partial charge in [-0.2, -0.15) is 0 Å². The van der Waals surface area contributed by atoms with Crippen molar-refractivity contribution in [2.24, 2.45) is 10.7 Å². The van der Waals surface area contributed by atoms with Gasteiger partial charge in [0.1, 0.15) is 10.7 Å². The van der Waals surface area contributed by atoms with E-state index in [0.717, 1.165) is 31.0 Å². The van der Waals surface area contributed by atoms with Gasteiger partial charge >= 0.3 is 0 Å². The zero-order chi connectivity index (χ0) is 16.3. The second-order valence-electron chi connectivity index (χ2n) is 5.05. The Kier molecular flexibility index (Phi) is 5.25. The number of nitrogens with zero attached hydrogens (tertiary/aromatic N) is 2. The highest BCUT2D eigenvalue weighted by atomic mass is 35.5. The molecule has 1 fully saturated rings. The summed E-state index contributed by atoms with van der Waals surface area (Å²) in [5.41, 5.74) is 5.80. The van der Waals surface area contributed by atoms with Crippen LogP contribution in [0.5, 0.6) is 0 Å². The smallest absolute Gasteiger partial charge is 0.242 e. The van der Waals surface area contributed by atoms with Gasteiger partial charge in [-0.25, -0.2) is 17.5 Å². The average molecular weight is 349 g/mol. The van der Waals surface area contributed by atoms with Crippen LogP contribution in [-0.4, -0.2) is 45.5 Å². The summed E-state index contributed by atoms with van der Waals surface area (Å²) in [4.78, 5) is 5.84. The highest BCUT2D eigenvalue weighted by Crippen LogP contribution is 2.24. The van der Waals surface area contributed by atoms with Crippen molar-refractivity contribution in [3.8, 4) is 0 Å². The molecule has 0 bridgehead atoms. The van der Waals surface area contributed by atoms with E-state index >= 15 is 0 Å². The Morgan fingerprint density at radius 1 is 1.55 bits per heavy atom. The normalized spacial score (nSPS) is 15.9. The minimum absolute atomic E-state index is 0.0786.